The summed E-state index contributed by atoms with van der Waals surface area (Å²) in [6.07, 6.45) is 4.70. The van der Waals surface area contributed by atoms with E-state index in [2.05, 4.69) is 19.2 Å². The standard InChI is InChI=1S/C15H22N2OS/c1-9(2)15(5-6-15)8-17-12-7-11(16)14(19-12)13(18)10-3-4-10/h7,9-10,17H,3-6,8,16H2,1-2H3. The van der Waals surface area contributed by atoms with Gasteiger partial charge in [0, 0.05) is 12.5 Å². The third-order valence-electron chi connectivity index (χ3n) is 4.66. The number of ketones is 1. The molecule has 0 unspecified atom stereocenters. The van der Waals surface area contributed by atoms with Crippen LogP contribution in [0.5, 0.6) is 0 Å². The lowest BCUT2D eigenvalue weighted by Gasteiger charge is -2.19. The molecule has 0 aliphatic heterocycles. The number of hydrogen-bond donors (Lipinski definition) is 2. The van der Waals surface area contributed by atoms with Gasteiger partial charge in [0.15, 0.2) is 5.78 Å². The smallest absolute Gasteiger partial charge is 0.178 e. The van der Waals surface area contributed by atoms with Gasteiger partial charge < -0.3 is 11.1 Å². The van der Waals surface area contributed by atoms with Crippen molar-refractivity contribution in [3.8, 4) is 0 Å². The number of Topliss-reactive ketones (excluding diaryl/α,β-unsaturated/α-hetero) is 1. The number of nitrogens with two attached hydrogens (primary N) is 1. The second kappa shape index (κ2) is 4.51. The van der Waals surface area contributed by atoms with E-state index in [9.17, 15) is 4.79 Å². The Kier molecular flexibility index (Phi) is 3.08. The third kappa shape index (κ3) is 2.50. The first kappa shape index (κ1) is 13.0. The van der Waals surface area contributed by atoms with Crippen molar-refractivity contribution in [2.75, 3.05) is 17.6 Å². The number of nitrogen functional groups attached to an aromatic ring is 1. The lowest BCUT2D eigenvalue weighted by Crippen LogP contribution is -2.20. The maximum absolute atomic E-state index is 12.1. The van der Waals surface area contributed by atoms with Gasteiger partial charge in [0.2, 0.25) is 0 Å². The van der Waals surface area contributed by atoms with Gasteiger partial charge in [-0.1, -0.05) is 13.8 Å². The molecule has 2 aliphatic carbocycles. The zero-order valence-corrected chi connectivity index (χ0v) is 12.5. The minimum Gasteiger partial charge on any atom is -0.397 e. The molecule has 0 spiro atoms. The number of anilines is 2. The van der Waals surface area contributed by atoms with Gasteiger partial charge in [-0.25, -0.2) is 0 Å². The average molecular weight is 278 g/mol. The van der Waals surface area contributed by atoms with Gasteiger partial charge in [-0.3, -0.25) is 4.79 Å². The van der Waals surface area contributed by atoms with Crippen LogP contribution in [0, 0.1) is 17.3 Å². The van der Waals surface area contributed by atoms with Crippen LogP contribution in [0.1, 0.15) is 49.2 Å². The van der Waals surface area contributed by atoms with Crippen molar-refractivity contribution in [3.63, 3.8) is 0 Å². The van der Waals surface area contributed by atoms with Gasteiger partial charge in [-0.2, -0.15) is 0 Å². The normalized spacial score (nSPS) is 20.6. The second-order valence-corrected chi connectivity index (χ2v) is 7.46. The summed E-state index contributed by atoms with van der Waals surface area (Å²) < 4.78 is 0. The Hall–Kier alpha value is -1.03. The van der Waals surface area contributed by atoms with Gasteiger partial charge in [-0.15, -0.1) is 11.3 Å². The SMILES string of the molecule is CC(C)C1(CNc2cc(N)c(C(=O)C3CC3)s2)CC1. The monoisotopic (exact) mass is 278 g/mol. The van der Waals surface area contributed by atoms with Gasteiger partial charge in [0.1, 0.15) is 0 Å². The molecular formula is C15H22N2OS. The van der Waals surface area contributed by atoms with Crippen LogP contribution in [0.4, 0.5) is 10.7 Å². The average Bonchev–Trinajstić information content (AvgIpc) is 3.24. The molecule has 2 aliphatic rings. The first-order valence-corrected chi connectivity index (χ1v) is 8.01. The van der Waals surface area contributed by atoms with Crippen LogP contribution in [0.15, 0.2) is 6.07 Å². The number of nitrogens with one attached hydrogen (secondary N) is 1. The van der Waals surface area contributed by atoms with Crippen LogP contribution in [0.2, 0.25) is 0 Å². The summed E-state index contributed by atoms with van der Waals surface area (Å²) in [5.41, 5.74) is 7.10. The highest BCUT2D eigenvalue weighted by molar-refractivity contribution is 7.18. The van der Waals surface area contributed by atoms with Crippen molar-refractivity contribution in [1.29, 1.82) is 0 Å². The first-order chi connectivity index (χ1) is 9.02. The zero-order chi connectivity index (χ0) is 13.6. The Balaban J connectivity index is 1.65. The van der Waals surface area contributed by atoms with Crippen LogP contribution >= 0.6 is 11.3 Å². The van der Waals surface area contributed by atoms with Crippen molar-refractivity contribution >= 4 is 27.8 Å². The topological polar surface area (TPSA) is 55.1 Å². The van der Waals surface area contributed by atoms with Crippen molar-refractivity contribution in [1.82, 2.24) is 0 Å². The van der Waals surface area contributed by atoms with Crippen LogP contribution in [0.3, 0.4) is 0 Å². The van der Waals surface area contributed by atoms with E-state index in [4.69, 9.17) is 5.73 Å². The minimum atomic E-state index is 0.249. The third-order valence-corrected chi connectivity index (χ3v) is 5.79. The summed E-state index contributed by atoms with van der Waals surface area (Å²) in [6.45, 7) is 5.58. The molecule has 3 nitrogen and oxygen atoms in total. The largest absolute Gasteiger partial charge is 0.397 e. The molecule has 19 heavy (non-hydrogen) atoms. The van der Waals surface area contributed by atoms with Gasteiger partial charge in [0.25, 0.3) is 0 Å². The lowest BCUT2D eigenvalue weighted by molar-refractivity contribution is 0.0972. The molecular weight excluding hydrogens is 256 g/mol. The molecule has 1 aromatic heterocycles. The molecule has 3 N–H and O–H groups in total. The Bertz CT molecular complexity index is 498. The quantitative estimate of drug-likeness (QED) is 0.779. The van der Waals surface area contributed by atoms with E-state index in [-0.39, 0.29) is 11.7 Å². The second-order valence-electron chi connectivity index (χ2n) is 6.40. The van der Waals surface area contributed by atoms with E-state index >= 15 is 0 Å². The maximum atomic E-state index is 12.1. The number of thiophene rings is 1. The maximum Gasteiger partial charge on any atom is 0.178 e. The summed E-state index contributed by atoms with van der Waals surface area (Å²) >= 11 is 1.53. The summed E-state index contributed by atoms with van der Waals surface area (Å²) in [4.78, 5) is 12.8. The van der Waals surface area contributed by atoms with E-state index in [0.717, 1.165) is 29.3 Å². The zero-order valence-electron chi connectivity index (χ0n) is 11.7. The summed E-state index contributed by atoms with van der Waals surface area (Å²) in [5, 5.41) is 4.54. The van der Waals surface area contributed by atoms with Crippen LogP contribution < -0.4 is 11.1 Å². The van der Waals surface area contributed by atoms with Crippen molar-refractivity contribution in [3.05, 3.63) is 10.9 Å². The van der Waals surface area contributed by atoms with E-state index in [1.807, 2.05) is 6.07 Å². The van der Waals surface area contributed by atoms with Gasteiger partial charge in [-0.05, 0) is 43.1 Å². The number of carbonyl (C=O) groups is 1. The molecule has 2 fully saturated rings. The van der Waals surface area contributed by atoms with Crippen LogP contribution in [-0.4, -0.2) is 12.3 Å². The molecule has 0 bridgehead atoms. The minimum absolute atomic E-state index is 0.249. The molecule has 1 heterocycles. The first-order valence-electron chi connectivity index (χ1n) is 7.19. The Morgan fingerprint density at radius 3 is 2.74 bits per heavy atom. The van der Waals surface area contributed by atoms with Gasteiger partial charge >= 0.3 is 0 Å². The fraction of sp³-hybridized carbons (Fsp3) is 0.667. The predicted molar refractivity (Wildman–Crippen MR) is 80.8 cm³/mol. The number of hydrogen-bond acceptors (Lipinski definition) is 4. The number of rotatable bonds is 6. The van der Waals surface area contributed by atoms with Gasteiger partial charge in [0.05, 0.1) is 15.6 Å². The molecule has 0 aromatic carbocycles. The molecule has 0 saturated heterocycles. The van der Waals surface area contributed by atoms with E-state index < -0.39 is 0 Å². The summed E-state index contributed by atoms with van der Waals surface area (Å²) in [5.74, 6) is 1.21. The molecule has 3 rings (SSSR count). The molecule has 0 amide bonds. The van der Waals surface area contributed by atoms with Crippen molar-refractivity contribution in [2.45, 2.75) is 39.5 Å². The summed E-state index contributed by atoms with van der Waals surface area (Å²) in [7, 11) is 0. The van der Waals surface area contributed by atoms with Crippen molar-refractivity contribution in [2.24, 2.45) is 17.3 Å². The highest BCUT2D eigenvalue weighted by Gasteiger charge is 2.45. The number of carbonyl (C=O) groups excluding carboxylic acids is 1. The lowest BCUT2D eigenvalue weighted by atomic mass is 9.92. The van der Waals surface area contributed by atoms with E-state index in [1.165, 1.54) is 24.2 Å². The van der Waals surface area contributed by atoms with E-state index in [0.29, 0.717) is 17.0 Å². The molecule has 4 heteroatoms. The molecule has 0 atom stereocenters. The Morgan fingerprint density at radius 1 is 1.53 bits per heavy atom. The molecule has 104 valence electrons. The Labute approximate surface area is 118 Å². The van der Waals surface area contributed by atoms with Crippen LogP contribution in [-0.2, 0) is 0 Å². The van der Waals surface area contributed by atoms with Crippen molar-refractivity contribution < 1.29 is 4.79 Å². The predicted octanol–water partition coefficient (Wildman–Crippen LogP) is 3.77. The summed E-state index contributed by atoms with van der Waals surface area (Å²) in [6, 6.07) is 1.93. The highest BCUT2D eigenvalue weighted by atomic mass is 32.1. The van der Waals surface area contributed by atoms with Crippen LogP contribution in [0.25, 0.3) is 0 Å². The fourth-order valence-electron chi connectivity index (χ4n) is 2.60. The molecule has 0 radical (unpaired) electrons. The Morgan fingerprint density at radius 2 is 2.21 bits per heavy atom. The molecule has 2 saturated carbocycles. The molecule has 1 aromatic rings. The highest BCUT2D eigenvalue weighted by Crippen LogP contribution is 2.52. The fourth-order valence-corrected chi connectivity index (χ4v) is 3.59. The van der Waals surface area contributed by atoms with E-state index in [1.54, 1.807) is 0 Å².